The van der Waals surface area contributed by atoms with E-state index in [1.807, 2.05) is 6.79 Å². The molecule has 10 nitrogen and oxygen atoms in total. The lowest BCUT2D eigenvalue weighted by Crippen LogP contribution is -2.37. The van der Waals surface area contributed by atoms with E-state index in [2.05, 4.69) is 9.68 Å². The van der Waals surface area contributed by atoms with Gasteiger partial charge in [0.05, 0.1) is 0 Å². The van der Waals surface area contributed by atoms with E-state index in [9.17, 15) is 24.0 Å². The first-order valence-corrected chi connectivity index (χ1v) is 5.39. The van der Waals surface area contributed by atoms with Crippen molar-refractivity contribution < 1.29 is 38.4 Å². The average Bonchev–Trinajstić information content (AvgIpc) is 2.91. The van der Waals surface area contributed by atoms with Crippen LogP contribution in [0.5, 0.6) is 0 Å². The minimum Gasteiger partial charge on any atom is -0.307 e. The molecule has 0 spiro atoms. The Bertz CT molecular complexity index is 402. The third-order valence-electron chi connectivity index (χ3n) is 2.34. The van der Waals surface area contributed by atoms with Crippen molar-refractivity contribution >= 4 is 36.6 Å². The van der Waals surface area contributed by atoms with Crippen molar-refractivity contribution in [2.24, 2.45) is 0 Å². The van der Waals surface area contributed by atoms with Crippen LogP contribution in [0.3, 0.4) is 0 Å². The molecule has 2 fully saturated rings. The first-order valence-electron chi connectivity index (χ1n) is 5.39. The third kappa shape index (κ3) is 3.16. The van der Waals surface area contributed by atoms with Crippen molar-refractivity contribution in [1.82, 2.24) is 10.1 Å². The molecule has 10 heteroatoms. The molecule has 0 atom stereocenters. The number of imide groups is 2. The van der Waals surface area contributed by atoms with Gasteiger partial charge >= 0.3 is 6.16 Å². The summed E-state index contributed by atoms with van der Waals surface area (Å²) in [5.74, 6) is -2.74. The first-order chi connectivity index (χ1) is 9.49. The second-order valence-corrected chi connectivity index (χ2v) is 3.60. The van der Waals surface area contributed by atoms with Gasteiger partial charge in [0.2, 0.25) is 0 Å². The lowest BCUT2D eigenvalue weighted by Gasteiger charge is -2.15. The summed E-state index contributed by atoms with van der Waals surface area (Å²) in [4.78, 5) is 72.3. The van der Waals surface area contributed by atoms with Gasteiger partial charge in [0.1, 0.15) is 6.79 Å². The molecule has 0 aromatic carbocycles. The van der Waals surface area contributed by atoms with Gasteiger partial charge in [-0.05, 0) is 0 Å². The Labute approximate surface area is 112 Å². The summed E-state index contributed by atoms with van der Waals surface area (Å²) in [6.07, 6.45) is -1.73. The van der Waals surface area contributed by atoms with Crippen molar-refractivity contribution in [3.05, 3.63) is 0 Å². The molecule has 2 aliphatic heterocycles. The molecular weight excluding hydrogens is 276 g/mol. The predicted molar refractivity (Wildman–Crippen MR) is 56.9 cm³/mol. The molecule has 108 valence electrons. The molecule has 0 radical (unpaired) electrons. The van der Waals surface area contributed by atoms with Gasteiger partial charge in [-0.3, -0.25) is 28.9 Å². The topological polar surface area (TPSA) is 127 Å². The summed E-state index contributed by atoms with van der Waals surface area (Å²) in [5.41, 5.74) is 0. The van der Waals surface area contributed by atoms with Crippen LogP contribution in [0.2, 0.25) is 0 Å². The minimum absolute atomic E-state index is 0.0618. The number of nitrogens with zero attached hydrogens (tertiary/aromatic N) is 2. The summed E-state index contributed by atoms with van der Waals surface area (Å²) >= 11 is 0. The van der Waals surface area contributed by atoms with E-state index in [4.69, 9.17) is 4.79 Å². The number of hydroxylamine groups is 4. The fourth-order valence-electron chi connectivity index (χ4n) is 1.48. The zero-order chi connectivity index (χ0) is 15.3. The minimum atomic E-state index is -1.48. The Kier molecular flexibility index (Phi) is 4.89. The zero-order valence-corrected chi connectivity index (χ0v) is 10.2. The molecule has 0 N–H and O–H groups in total. The van der Waals surface area contributed by atoms with E-state index in [1.54, 1.807) is 0 Å². The zero-order valence-electron chi connectivity index (χ0n) is 10.2. The van der Waals surface area contributed by atoms with Crippen molar-refractivity contribution in [3.8, 4) is 0 Å². The van der Waals surface area contributed by atoms with E-state index in [1.165, 1.54) is 0 Å². The average molecular weight is 286 g/mol. The lowest BCUT2D eigenvalue weighted by molar-refractivity contribution is -0.198. The maximum Gasteiger partial charge on any atom is 0.560 e. The summed E-state index contributed by atoms with van der Waals surface area (Å²) in [6.45, 7) is 2.00. The molecular formula is C10H10N2O8. The van der Waals surface area contributed by atoms with Crippen LogP contribution >= 0.6 is 0 Å². The van der Waals surface area contributed by atoms with Gasteiger partial charge < -0.3 is 4.79 Å². The first kappa shape index (κ1) is 15.3. The Morgan fingerprint density at radius 3 is 1.25 bits per heavy atom. The second-order valence-electron chi connectivity index (χ2n) is 3.60. The van der Waals surface area contributed by atoms with Crippen LogP contribution in [-0.2, 0) is 33.6 Å². The Balaban J connectivity index is 0.000000956. The molecule has 0 saturated carbocycles. The van der Waals surface area contributed by atoms with Gasteiger partial charge in [0.25, 0.3) is 23.6 Å². The molecule has 2 saturated heterocycles. The molecule has 0 aromatic heterocycles. The van der Waals surface area contributed by atoms with Crippen LogP contribution < -0.4 is 0 Å². The molecule has 0 unspecified atom stereocenters. The molecule has 0 aromatic rings. The highest BCUT2D eigenvalue weighted by Crippen LogP contribution is 2.15. The highest BCUT2D eigenvalue weighted by atomic mass is 16.9. The summed E-state index contributed by atoms with van der Waals surface area (Å²) in [6, 6.07) is 0. The van der Waals surface area contributed by atoms with Gasteiger partial charge in [-0.25, -0.2) is 0 Å². The largest absolute Gasteiger partial charge is 0.560 e. The molecule has 2 heterocycles. The monoisotopic (exact) mass is 286 g/mol. The van der Waals surface area contributed by atoms with E-state index in [-0.39, 0.29) is 35.8 Å². The lowest BCUT2D eigenvalue weighted by atomic mass is 10.4. The van der Waals surface area contributed by atoms with Crippen LogP contribution in [-0.4, -0.2) is 46.7 Å². The van der Waals surface area contributed by atoms with Crippen LogP contribution in [0.1, 0.15) is 25.7 Å². The highest BCUT2D eigenvalue weighted by Gasteiger charge is 2.37. The van der Waals surface area contributed by atoms with Gasteiger partial charge in [0, 0.05) is 25.7 Å². The van der Waals surface area contributed by atoms with E-state index < -0.39 is 29.8 Å². The Hall–Kier alpha value is -2.78. The molecule has 2 rings (SSSR count). The van der Waals surface area contributed by atoms with Gasteiger partial charge in [-0.15, -0.1) is 0 Å². The van der Waals surface area contributed by atoms with Gasteiger partial charge in [0.15, 0.2) is 0 Å². The smallest absolute Gasteiger partial charge is 0.307 e. The molecule has 0 bridgehead atoms. The van der Waals surface area contributed by atoms with Crippen LogP contribution in [0.15, 0.2) is 0 Å². The van der Waals surface area contributed by atoms with Crippen molar-refractivity contribution in [3.63, 3.8) is 0 Å². The van der Waals surface area contributed by atoms with Crippen molar-refractivity contribution in [2.45, 2.75) is 25.7 Å². The standard InChI is InChI=1S/C9H8N2O7.CH2O/c12-5-1-2-6(13)10(5)17-9(16)18-11-7(14)3-4-8(11)15;1-2/h1-4H2;1H2. The molecule has 4 amide bonds. The molecule has 20 heavy (non-hydrogen) atoms. The van der Waals surface area contributed by atoms with Crippen LogP contribution in [0.25, 0.3) is 0 Å². The Morgan fingerprint density at radius 2 is 1.00 bits per heavy atom. The van der Waals surface area contributed by atoms with Gasteiger partial charge in [-0.1, -0.05) is 10.1 Å². The summed E-state index contributed by atoms with van der Waals surface area (Å²) < 4.78 is 0. The SMILES string of the molecule is C=O.O=C(ON1C(=O)CCC1=O)ON1C(=O)CCC1=O. The predicted octanol–water partition coefficient (Wildman–Crippen LogP) is -0.917. The summed E-state index contributed by atoms with van der Waals surface area (Å²) in [5, 5.41) is 0.515. The maximum absolute atomic E-state index is 11.2. The fourth-order valence-corrected chi connectivity index (χ4v) is 1.48. The second kappa shape index (κ2) is 6.41. The fraction of sp³-hybridized carbons (Fsp3) is 0.400. The van der Waals surface area contributed by atoms with E-state index in [0.717, 1.165) is 0 Å². The van der Waals surface area contributed by atoms with Crippen molar-refractivity contribution in [2.75, 3.05) is 0 Å². The third-order valence-corrected chi connectivity index (χ3v) is 2.34. The Morgan fingerprint density at radius 1 is 0.750 bits per heavy atom. The number of carbonyl (C=O) groups is 6. The number of hydrogen-bond acceptors (Lipinski definition) is 8. The molecule has 2 aliphatic rings. The van der Waals surface area contributed by atoms with E-state index >= 15 is 0 Å². The normalized spacial score (nSPS) is 18.0. The quantitative estimate of drug-likeness (QED) is 0.596. The van der Waals surface area contributed by atoms with Crippen molar-refractivity contribution in [1.29, 1.82) is 0 Å². The summed E-state index contributed by atoms with van der Waals surface area (Å²) in [7, 11) is 0. The molecule has 0 aliphatic carbocycles. The van der Waals surface area contributed by atoms with Crippen LogP contribution in [0, 0.1) is 0 Å². The number of carbonyl (C=O) groups excluding carboxylic acids is 6. The number of amides is 4. The van der Waals surface area contributed by atoms with Gasteiger partial charge in [-0.2, -0.15) is 4.79 Å². The van der Waals surface area contributed by atoms with Crippen LogP contribution in [0.4, 0.5) is 4.79 Å². The maximum atomic E-state index is 11.2. The number of hydrogen-bond donors (Lipinski definition) is 0. The van der Waals surface area contributed by atoms with E-state index in [0.29, 0.717) is 0 Å². The number of rotatable bonds is 2. The highest BCUT2D eigenvalue weighted by molar-refractivity contribution is 6.02.